The first-order chi connectivity index (χ1) is 16.5. The molecule has 0 saturated carbocycles. The minimum atomic E-state index is -0.125. The highest BCUT2D eigenvalue weighted by atomic mass is 32.1. The molecule has 3 nitrogen and oxygen atoms in total. The van der Waals surface area contributed by atoms with Crippen molar-refractivity contribution in [1.82, 2.24) is 4.98 Å². The third kappa shape index (κ3) is 3.85. The van der Waals surface area contributed by atoms with Crippen molar-refractivity contribution in [3.05, 3.63) is 76.2 Å². The maximum Gasteiger partial charge on any atom is 0.110 e. The Bertz CT molecular complexity index is 1730. The largest absolute Gasteiger partial charge is 0.248 e. The lowest BCUT2D eigenvalue weighted by atomic mass is 9.83. The second-order valence-corrected chi connectivity index (χ2v) is 12.2. The van der Waals surface area contributed by atoms with Crippen LogP contribution in [0.5, 0.6) is 0 Å². The van der Waals surface area contributed by atoms with Crippen LogP contribution in [-0.4, -0.2) is 4.98 Å². The fourth-order valence-electron chi connectivity index (χ4n) is 4.94. The first-order valence-corrected chi connectivity index (χ1v) is 12.6. The van der Waals surface area contributed by atoms with Crippen molar-refractivity contribution < 1.29 is 0 Å². The van der Waals surface area contributed by atoms with E-state index in [4.69, 9.17) is 4.98 Å². The number of hydrogen-bond acceptors (Lipinski definition) is 4. The van der Waals surface area contributed by atoms with E-state index in [0.717, 1.165) is 42.7 Å². The predicted octanol–water partition coefficient (Wildman–Crippen LogP) is 8.61. The third-order valence-corrected chi connectivity index (χ3v) is 7.62. The van der Waals surface area contributed by atoms with Gasteiger partial charge in [-0.15, -0.1) is 11.3 Å². The summed E-state index contributed by atoms with van der Waals surface area (Å²) >= 11 is 1.58. The number of benzene rings is 3. The lowest BCUT2D eigenvalue weighted by Crippen LogP contribution is -2.12. The summed E-state index contributed by atoms with van der Waals surface area (Å²) in [5.74, 6) is 0. The normalized spacial score (nSPS) is 12.2. The molecule has 35 heavy (non-hydrogen) atoms. The number of aromatic nitrogens is 1. The van der Waals surface area contributed by atoms with Crippen LogP contribution in [0.1, 0.15) is 63.1 Å². The maximum absolute atomic E-state index is 9.79. The van der Waals surface area contributed by atoms with Crippen LogP contribution in [0.4, 0.5) is 0 Å². The average molecular weight is 474 g/mol. The van der Waals surface area contributed by atoms with Crippen LogP contribution >= 0.6 is 11.3 Å². The summed E-state index contributed by atoms with van der Waals surface area (Å²) in [6.45, 7) is 13.1. The van der Waals surface area contributed by atoms with Gasteiger partial charge in [0.05, 0.1) is 22.8 Å². The Balaban J connectivity index is 1.77. The minimum Gasteiger partial charge on any atom is -0.248 e. The molecular weight excluding hydrogens is 446 g/mol. The number of pyridine rings is 1. The molecule has 0 spiro atoms. The summed E-state index contributed by atoms with van der Waals surface area (Å²) in [6, 6.07) is 23.4. The van der Waals surface area contributed by atoms with E-state index in [0.29, 0.717) is 5.56 Å². The van der Waals surface area contributed by atoms with Crippen LogP contribution in [0.25, 0.3) is 43.0 Å². The minimum absolute atomic E-state index is 0.0982. The molecule has 5 rings (SSSR count). The molecular formula is C31H27N3S. The molecule has 3 aromatic carbocycles. The molecule has 0 radical (unpaired) electrons. The van der Waals surface area contributed by atoms with Gasteiger partial charge in [-0.1, -0.05) is 59.7 Å². The molecule has 4 heteroatoms. The Hall–Kier alpha value is -3.73. The second-order valence-electron chi connectivity index (χ2n) is 11.2. The van der Waals surface area contributed by atoms with E-state index in [9.17, 15) is 10.5 Å². The Morgan fingerprint density at radius 3 is 2.20 bits per heavy atom. The average Bonchev–Trinajstić information content (AvgIpc) is 3.22. The molecule has 0 bridgehead atoms. The van der Waals surface area contributed by atoms with Gasteiger partial charge in [-0.3, -0.25) is 0 Å². The van der Waals surface area contributed by atoms with Crippen molar-refractivity contribution in [1.29, 1.82) is 10.5 Å². The molecule has 0 atom stereocenters. The Labute approximate surface area is 210 Å². The van der Waals surface area contributed by atoms with E-state index < -0.39 is 0 Å². The number of nitriles is 2. The standard InChI is InChI=1S/C31H27N3S/c1-30(2,3)23-15-25(34-24-11-7-18(16-32)13-22(23)24)20-8-10-21-19(14-20)9-12-26-28(21)29(31(4,5)6)27(17-33)35-26/h7-15H,1-6H3. The third-order valence-electron chi connectivity index (χ3n) is 6.56. The molecule has 0 unspecified atom stereocenters. The van der Waals surface area contributed by atoms with E-state index in [-0.39, 0.29) is 10.8 Å². The molecule has 2 heterocycles. The first kappa shape index (κ1) is 23.0. The van der Waals surface area contributed by atoms with E-state index >= 15 is 0 Å². The zero-order valence-corrected chi connectivity index (χ0v) is 21.8. The maximum atomic E-state index is 9.79. The highest BCUT2D eigenvalue weighted by Gasteiger charge is 2.25. The lowest BCUT2D eigenvalue weighted by molar-refractivity contribution is 0.595. The van der Waals surface area contributed by atoms with Crippen molar-refractivity contribution in [2.45, 2.75) is 52.4 Å². The summed E-state index contributed by atoms with van der Waals surface area (Å²) < 4.78 is 1.15. The molecule has 0 aliphatic rings. The highest BCUT2D eigenvalue weighted by molar-refractivity contribution is 7.20. The number of fused-ring (bicyclic) bond motifs is 4. The van der Waals surface area contributed by atoms with E-state index in [1.807, 2.05) is 18.2 Å². The van der Waals surface area contributed by atoms with Gasteiger partial charge >= 0.3 is 0 Å². The number of nitrogens with zero attached hydrogens (tertiary/aromatic N) is 3. The van der Waals surface area contributed by atoms with Crippen molar-refractivity contribution in [3.8, 4) is 23.4 Å². The summed E-state index contributed by atoms with van der Waals surface area (Å²) in [4.78, 5) is 5.79. The van der Waals surface area contributed by atoms with Gasteiger partial charge in [0, 0.05) is 21.0 Å². The van der Waals surface area contributed by atoms with Gasteiger partial charge in [0.2, 0.25) is 0 Å². The Kier molecular flexibility index (Phi) is 5.20. The molecule has 172 valence electrons. The molecule has 0 amide bonds. The van der Waals surface area contributed by atoms with Gasteiger partial charge in [-0.25, -0.2) is 4.98 Å². The Morgan fingerprint density at radius 2 is 1.54 bits per heavy atom. The van der Waals surface area contributed by atoms with Crippen LogP contribution in [-0.2, 0) is 10.8 Å². The lowest BCUT2D eigenvalue weighted by Gasteiger charge is -2.22. The highest BCUT2D eigenvalue weighted by Crippen LogP contribution is 2.43. The summed E-state index contributed by atoms with van der Waals surface area (Å²) in [7, 11) is 0. The quantitative estimate of drug-likeness (QED) is 0.245. The van der Waals surface area contributed by atoms with Gasteiger partial charge in [0.15, 0.2) is 0 Å². The van der Waals surface area contributed by atoms with Crippen molar-refractivity contribution in [2.75, 3.05) is 0 Å². The van der Waals surface area contributed by atoms with Crippen molar-refractivity contribution in [2.24, 2.45) is 0 Å². The summed E-state index contributed by atoms with van der Waals surface area (Å²) in [5, 5.41) is 23.7. The monoisotopic (exact) mass is 473 g/mol. The van der Waals surface area contributed by atoms with Crippen LogP contribution < -0.4 is 0 Å². The SMILES string of the molecule is CC(C)(C)c1cc(-c2ccc3c(ccc4sc(C#N)c(C(C)(C)C)c43)c2)nc2ccc(C#N)cc12. The smallest absolute Gasteiger partial charge is 0.110 e. The summed E-state index contributed by atoms with van der Waals surface area (Å²) in [5.41, 5.74) is 5.61. The first-order valence-electron chi connectivity index (χ1n) is 11.8. The van der Waals surface area contributed by atoms with Crippen molar-refractivity contribution >= 4 is 43.1 Å². The van der Waals surface area contributed by atoms with Gasteiger partial charge in [0.1, 0.15) is 10.9 Å². The van der Waals surface area contributed by atoms with E-state index in [1.54, 1.807) is 11.3 Å². The van der Waals surface area contributed by atoms with Gasteiger partial charge in [-0.05, 0) is 69.1 Å². The predicted molar refractivity (Wildman–Crippen MR) is 147 cm³/mol. The molecule has 5 aromatic rings. The van der Waals surface area contributed by atoms with Crippen LogP contribution in [0.3, 0.4) is 0 Å². The van der Waals surface area contributed by atoms with Crippen molar-refractivity contribution in [3.63, 3.8) is 0 Å². The second kappa shape index (κ2) is 7.91. The molecule has 0 aliphatic heterocycles. The summed E-state index contributed by atoms with van der Waals surface area (Å²) in [6.07, 6.45) is 0. The molecule has 0 fully saturated rings. The molecule has 0 aliphatic carbocycles. The molecule has 0 saturated heterocycles. The van der Waals surface area contributed by atoms with Gasteiger partial charge < -0.3 is 0 Å². The number of hydrogen-bond donors (Lipinski definition) is 0. The van der Waals surface area contributed by atoms with Crippen LogP contribution in [0.2, 0.25) is 0 Å². The molecule has 0 N–H and O–H groups in total. The zero-order chi connectivity index (χ0) is 25.1. The Morgan fingerprint density at radius 1 is 0.771 bits per heavy atom. The number of thiophene rings is 1. The van der Waals surface area contributed by atoms with Crippen LogP contribution in [0, 0.1) is 22.7 Å². The fraction of sp³-hybridized carbons (Fsp3) is 0.258. The fourth-order valence-corrected chi connectivity index (χ4v) is 6.17. The van der Waals surface area contributed by atoms with Gasteiger partial charge in [-0.2, -0.15) is 10.5 Å². The van der Waals surface area contributed by atoms with Crippen LogP contribution in [0.15, 0.2) is 54.6 Å². The number of rotatable bonds is 1. The van der Waals surface area contributed by atoms with E-state index in [1.165, 1.54) is 16.3 Å². The van der Waals surface area contributed by atoms with Gasteiger partial charge in [0.25, 0.3) is 0 Å². The molecule has 2 aromatic heterocycles. The van der Waals surface area contributed by atoms with E-state index in [2.05, 4.69) is 90.1 Å². The topological polar surface area (TPSA) is 60.5 Å². The zero-order valence-electron chi connectivity index (χ0n) is 20.9.